The normalized spacial score (nSPS) is 12.1. The van der Waals surface area contributed by atoms with Gasteiger partial charge in [-0.15, -0.1) is 11.3 Å². The maximum Gasteiger partial charge on any atom is 0.291 e. The van der Waals surface area contributed by atoms with Gasteiger partial charge in [-0.3, -0.25) is 9.59 Å². The largest absolute Gasteiger partial charge is 0.459 e. The molecule has 7 heteroatoms. The molecule has 2 N–H and O–H groups in total. The Bertz CT molecular complexity index is 1110. The van der Waals surface area contributed by atoms with Crippen LogP contribution in [-0.4, -0.2) is 11.8 Å². The Kier molecular flexibility index (Phi) is 4.75. The first kappa shape index (κ1) is 18.1. The van der Waals surface area contributed by atoms with Crippen LogP contribution in [0.3, 0.4) is 0 Å². The zero-order valence-corrected chi connectivity index (χ0v) is 16.1. The minimum Gasteiger partial charge on any atom is -0.459 e. The van der Waals surface area contributed by atoms with Gasteiger partial charge in [0.1, 0.15) is 11.3 Å². The lowest BCUT2D eigenvalue weighted by Gasteiger charge is -2.10. The highest BCUT2D eigenvalue weighted by molar-refractivity contribution is 7.18. The van der Waals surface area contributed by atoms with E-state index in [1.54, 1.807) is 18.2 Å². The first-order valence-electron chi connectivity index (χ1n) is 8.76. The molecule has 4 aromatic rings. The van der Waals surface area contributed by atoms with Crippen LogP contribution in [0.1, 0.15) is 44.5 Å². The molecule has 0 spiro atoms. The van der Waals surface area contributed by atoms with E-state index in [9.17, 15) is 9.59 Å². The molecule has 1 atom stereocenters. The fraction of sp³-hybridized carbons (Fsp3) is 0.143. The number of para-hydroxylation sites is 1. The van der Waals surface area contributed by atoms with E-state index < -0.39 is 0 Å². The van der Waals surface area contributed by atoms with E-state index in [0.29, 0.717) is 15.6 Å². The minimum atomic E-state index is -0.353. The zero-order chi connectivity index (χ0) is 19.7. The number of amides is 2. The summed E-state index contributed by atoms with van der Waals surface area (Å²) in [4.78, 5) is 25.4. The van der Waals surface area contributed by atoms with Gasteiger partial charge in [0.15, 0.2) is 5.76 Å². The molecule has 142 valence electrons. The fourth-order valence-electron chi connectivity index (χ4n) is 2.90. The van der Waals surface area contributed by atoms with Gasteiger partial charge in [-0.1, -0.05) is 18.2 Å². The molecule has 0 saturated carbocycles. The number of anilines is 1. The third-order valence-corrected chi connectivity index (χ3v) is 5.48. The summed E-state index contributed by atoms with van der Waals surface area (Å²) in [6.45, 7) is 3.71. The maximum absolute atomic E-state index is 12.7. The van der Waals surface area contributed by atoms with Crippen LogP contribution < -0.4 is 10.6 Å². The smallest absolute Gasteiger partial charge is 0.291 e. The number of hydrogen-bond acceptors (Lipinski definition) is 5. The molecule has 2 amide bonds. The number of nitrogens with one attached hydrogen (secondary N) is 2. The summed E-state index contributed by atoms with van der Waals surface area (Å²) in [5, 5.41) is 7.28. The molecule has 0 aliphatic carbocycles. The molecule has 0 aliphatic rings. The minimum absolute atomic E-state index is 0.214. The number of thiophene rings is 1. The van der Waals surface area contributed by atoms with Gasteiger partial charge in [0.25, 0.3) is 11.8 Å². The van der Waals surface area contributed by atoms with Crippen LogP contribution in [0.25, 0.3) is 11.0 Å². The highest BCUT2D eigenvalue weighted by Crippen LogP contribution is 2.29. The number of aryl methyl sites for hydroxylation is 1. The second-order valence-corrected chi connectivity index (χ2v) is 7.49. The average molecular weight is 394 g/mol. The number of rotatable bonds is 5. The second kappa shape index (κ2) is 7.36. The number of carbonyl (C=O) groups is 2. The Morgan fingerprint density at radius 1 is 1.07 bits per heavy atom. The Morgan fingerprint density at radius 2 is 1.89 bits per heavy atom. The molecule has 3 aromatic heterocycles. The SMILES string of the molecule is Cc1cc(NC(=O)c2ccco2)sc1C(=O)NC(C)c1cc2ccccc2o1. The Hall–Kier alpha value is -3.32. The number of fused-ring (bicyclic) bond motifs is 1. The molecule has 0 saturated heterocycles. The topological polar surface area (TPSA) is 84.5 Å². The number of furan rings is 2. The van der Waals surface area contributed by atoms with Crippen LogP contribution in [0.4, 0.5) is 5.00 Å². The summed E-state index contributed by atoms with van der Waals surface area (Å²) in [6, 6.07) is 14.3. The van der Waals surface area contributed by atoms with Crippen LogP contribution in [0.5, 0.6) is 0 Å². The van der Waals surface area contributed by atoms with Crippen molar-refractivity contribution in [2.24, 2.45) is 0 Å². The first-order chi connectivity index (χ1) is 13.5. The van der Waals surface area contributed by atoms with Gasteiger partial charge in [0.2, 0.25) is 0 Å². The summed E-state index contributed by atoms with van der Waals surface area (Å²) >= 11 is 1.22. The van der Waals surface area contributed by atoms with E-state index in [0.717, 1.165) is 16.5 Å². The van der Waals surface area contributed by atoms with Gasteiger partial charge in [-0.25, -0.2) is 0 Å². The van der Waals surface area contributed by atoms with Crippen molar-refractivity contribution in [1.29, 1.82) is 0 Å². The Labute approximate surface area is 165 Å². The van der Waals surface area contributed by atoms with E-state index in [-0.39, 0.29) is 23.6 Å². The lowest BCUT2D eigenvalue weighted by atomic mass is 10.2. The molecule has 0 radical (unpaired) electrons. The lowest BCUT2D eigenvalue weighted by Crippen LogP contribution is -2.26. The monoisotopic (exact) mass is 394 g/mol. The predicted molar refractivity (Wildman–Crippen MR) is 108 cm³/mol. The quantitative estimate of drug-likeness (QED) is 0.491. The predicted octanol–water partition coefficient (Wildman–Crippen LogP) is 5.14. The zero-order valence-electron chi connectivity index (χ0n) is 15.3. The third kappa shape index (κ3) is 3.57. The van der Waals surface area contributed by atoms with E-state index in [2.05, 4.69) is 10.6 Å². The molecule has 1 unspecified atom stereocenters. The molecular formula is C21H18N2O4S. The molecular weight excluding hydrogens is 376 g/mol. The summed E-state index contributed by atoms with van der Waals surface area (Å²) in [5.74, 6) is 0.341. The third-order valence-electron chi connectivity index (χ3n) is 4.32. The molecule has 4 rings (SSSR count). The lowest BCUT2D eigenvalue weighted by molar-refractivity contribution is 0.0938. The van der Waals surface area contributed by atoms with Crippen molar-refractivity contribution < 1.29 is 18.4 Å². The van der Waals surface area contributed by atoms with E-state index in [4.69, 9.17) is 8.83 Å². The number of benzene rings is 1. The maximum atomic E-state index is 12.7. The van der Waals surface area contributed by atoms with Crippen molar-refractivity contribution in [3.8, 4) is 0 Å². The summed E-state index contributed by atoms with van der Waals surface area (Å²) in [6.07, 6.45) is 1.44. The van der Waals surface area contributed by atoms with Crippen LogP contribution in [0.15, 0.2) is 63.6 Å². The highest BCUT2D eigenvalue weighted by atomic mass is 32.1. The number of hydrogen-bond donors (Lipinski definition) is 2. The van der Waals surface area contributed by atoms with Gasteiger partial charge in [0, 0.05) is 5.39 Å². The van der Waals surface area contributed by atoms with Gasteiger partial charge in [-0.2, -0.15) is 0 Å². The molecule has 0 aliphatic heterocycles. The van der Waals surface area contributed by atoms with Crippen molar-refractivity contribution in [3.63, 3.8) is 0 Å². The van der Waals surface area contributed by atoms with Gasteiger partial charge >= 0.3 is 0 Å². The van der Waals surface area contributed by atoms with E-state index in [1.165, 1.54) is 17.6 Å². The Balaban J connectivity index is 1.47. The van der Waals surface area contributed by atoms with Gasteiger partial charge in [-0.05, 0) is 49.7 Å². The second-order valence-electron chi connectivity index (χ2n) is 6.44. The molecule has 3 heterocycles. The highest BCUT2D eigenvalue weighted by Gasteiger charge is 2.20. The van der Waals surface area contributed by atoms with Crippen molar-refractivity contribution >= 4 is 39.1 Å². The first-order valence-corrected chi connectivity index (χ1v) is 9.57. The summed E-state index contributed by atoms with van der Waals surface area (Å²) in [5.41, 5.74) is 1.57. The van der Waals surface area contributed by atoms with Crippen molar-refractivity contribution in [2.75, 3.05) is 5.32 Å². The molecule has 0 bridgehead atoms. The molecule has 28 heavy (non-hydrogen) atoms. The van der Waals surface area contributed by atoms with Crippen molar-refractivity contribution in [2.45, 2.75) is 19.9 Å². The van der Waals surface area contributed by atoms with Crippen LogP contribution in [-0.2, 0) is 0 Å². The van der Waals surface area contributed by atoms with Crippen LogP contribution in [0, 0.1) is 6.92 Å². The molecule has 0 fully saturated rings. The fourth-order valence-corrected chi connectivity index (χ4v) is 3.87. The standard InChI is InChI=1S/C21H18N2O4S/c1-12-10-18(23-20(24)16-8-5-9-26-16)28-19(12)21(25)22-13(2)17-11-14-6-3-4-7-15(14)27-17/h3-11,13H,1-2H3,(H,22,25)(H,23,24). The molecule has 1 aromatic carbocycles. The Morgan fingerprint density at radius 3 is 2.64 bits per heavy atom. The van der Waals surface area contributed by atoms with Gasteiger partial charge in [0.05, 0.1) is 22.2 Å². The van der Waals surface area contributed by atoms with Gasteiger partial charge < -0.3 is 19.5 Å². The van der Waals surface area contributed by atoms with Crippen LogP contribution in [0.2, 0.25) is 0 Å². The van der Waals surface area contributed by atoms with E-state index >= 15 is 0 Å². The molecule has 6 nitrogen and oxygen atoms in total. The number of carbonyl (C=O) groups excluding carboxylic acids is 2. The summed E-state index contributed by atoms with van der Waals surface area (Å²) in [7, 11) is 0. The van der Waals surface area contributed by atoms with E-state index in [1.807, 2.05) is 44.2 Å². The summed E-state index contributed by atoms with van der Waals surface area (Å²) < 4.78 is 10.9. The average Bonchev–Trinajstić information content (AvgIpc) is 3.40. The van der Waals surface area contributed by atoms with Crippen LogP contribution >= 0.6 is 11.3 Å². The van der Waals surface area contributed by atoms with Crippen molar-refractivity contribution in [3.05, 3.63) is 76.8 Å². The van der Waals surface area contributed by atoms with Crippen molar-refractivity contribution in [1.82, 2.24) is 5.32 Å².